The predicted molar refractivity (Wildman–Crippen MR) is 88.3 cm³/mol. The summed E-state index contributed by atoms with van der Waals surface area (Å²) in [6, 6.07) is 7.54. The highest BCUT2D eigenvalue weighted by atomic mass is 16.5. The minimum absolute atomic E-state index is 0.0453. The number of rotatable bonds is 6. The lowest BCUT2D eigenvalue weighted by atomic mass is 10.0. The first-order valence-corrected chi connectivity index (χ1v) is 8.15. The number of amides is 3. The lowest BCUT2D eigenvalue weighted by Gasteiger charge is -2.26. The summed E-state index contributed by atoms with van der Waals surface area (Å²) in [5, 5.41) is 8.54. The molecule has 1 heterocycles. The smallest absolute Gasteiger partial charge is 0.315 e. The van der Waals surface area contributed by atoms with Crippen molar-refractivity contribution < 1.29 is 14.3 Å². The third-order valence-corrected chi connectivity index (χ3v) is 3.92. The standard InChI is InChI=1S/C17H25N3O3/c1-3-12(2)19-16(21)8-10-18-17(22)20-14-9-11-23-15-7-5-4-6-13(14)15/h4-7,12,14H,3,8-11H2,1-2H3,(H,19,21)(H2,18,20,22)/t12-,14-/m1/s1. The number of fused-ring (bicyclic) bond motifs is 1. The number of ether oxygens (including phenoxy) is 1. The molecule has 1 aliphatic rings. The molecule has 6 nitrogen and oxygen atoms in total. The Balaban J connectivity index is 1.75. The van der Waals surface area contributed by atoms with E-state index in [1.165, 1.54) is 0 Å². The zero-order valence-electron chi connectivity index (χ0n) is 13.7. The van der Waals surface area contributed by atoms with E-state index in [2.05, 4.69) is 16.0 Å². The van der Waals surface area contributed by atoms with Crippen LogP contribution in [0, 0.1) is 0 Å². The van der Waals surface area contributed by atoms with Crippen LogP contribution in [0.2, 0.25) is 0 Å². The van der Waals surface area contributed by atoms with Crippen molar-refractivity contribution in [1.29, 1.82) is 0 Å². The van der Waals surface area contributed by atoms with Crippen molar-refractivity contribution >= 4 is 11.9 Å². The summed E-state index contributed by atoms with van der Waals surface area (Å²) in [5.74, 6) is 0.771. The Morgan fingerprint density at radius 3 is 2.91 bits per heavy atom. The molecule has 0 aliphatic carbocycles. The summed E-state index contributed by atoms with van der Waals surface area (Å²) in [4.78, 5) is 23.6. The van der Waals surface area contributed by atoms with Crippen LogP contribution in [0.15, 0.2) is 24.3 Å². The topological polar surface area (TPSA) is 79.5 Å². The molecule has 0 bridgehead atoms. The maximum Gasteiger partial charge on any atom is 0.315 e. The predicted octanol–water partition coefficient (Wildman–Crippen LogP) is 2.11. The summed E-state index contributed by atoms with van der Waals surface area (Å²) in [6.45, 7) is 4.88. The normalized spacial score (nSPS) is 17.4. The van der Waals surface area contributed by atoms with Gasteiger partial charge in [-0.2, -0.15) is 0 Å². The molecule has 2 atom stereocenters. The highest BCUT2D eigenvalue weighted by molar-refractivity contribution is 5.78. The summed E-state index contributed by atoms with van der Waals surface area (Å²) < 4.78 is 5.57. The van der Waals surface area contributed by atoms with Crippen LogP contribution in [0.5, 0.6) is 5.75 Å². The molecule has 3 amide bonds. The monoisotopic (exact) mass is 319 g/mol. The fourth-order valence-electron chi connectivity index (χ4n) is 2.44. The minimum atomic E-state index is -0.261. The fraction of sp³-hybridized carbons (Fsp3) is 0.529. The van der Waals surface area contributed by atoms with Crippen LogP contribution in [0.25, 0.3) is 0 Å². The SMILES string of the molecule is CC[C@@H](C)NC(=O)CCNC(=O)N[C@@H]1CCOc2ccccc21. The second kappa shape index (κ2) is 8.41. The van der Waals surface area contributed by atoms with Gasteiger partial charge in [0.25, 0.3) is 0 Å². The molecular formula is C17H25N3O3. The number of carbonyl (C=O) groups is 2. The van der Waals surface area contributed by atoms with Crippen molar-refractivity contribution in [2.75, 3.05) is 13.2 Å². The molecular weight excluding hydrogens is 294 g/mol. The fourth-order valence-corrected chi connectivity index (χ4v) is 2.44. The van der Waals surface area contributed by atoms with Crippen molar-refractivity contribution in [2.24, 2.45) is 0 Å². The van der Waals surface area contributed by atoms with E-state index in [0.717, 1.165) is 24.2 Å². The van der Waals surface area contributed by atoms with E-state index in [1.54, 1.807) is 0 Å². The third-order valence-electron chi connectivity index (χ3n) is 3.92. The molecule has 1 aromatic rings. The molecule has 1 aromatic carbocycles. The van der Waals surface area contributed by atoms with Crippen molar-refractivity contribution in [3.05, 3.63) is 29.8 Å². The first-order chi connectivity index (χ1) is 11.1. The quantitative estimate of drug-likeness (QED) is 0.751. The Bertz CT molecular complexity index is 548. The summed E-state index contributed by atoms with van der Waals surface area (Å²) in [5.41, 5.74) is 0.989. The largest absolute Gasteiger partial charge is 0.493 e. The van der Waals surface area contributed by atoms with E-state index in [9.17, 15) is 9.59 Å². The van der Waals surface area contributed by atoms with Gasteiger partial charge < -0.3 is 20.7 Å². The van der Waals surface area contributed by atoms with Gasteiger partial charge in [-0.25, -0.2) is 4.79 Å². The summed E-state index contributed by atoms with van der Waals surface area (Å²) >= 11 is 0. The Morgan fingerprint density at radius 2 is 2.13 bits per heavy atom. The van der Waals surface area contributed by atoms with Gasteiger partial charge in [0.2, 0.25) is 5.91 Å². The Morgan fingerprint density at radius 1 is 1.35 bits per heavy atom. The highest BCUT2D eigenvalue weighted by Crippen LogP contribution is 2.31. The summed E-state index contributed by atoms with van der Waals surface area (Å²) in [6.07, 6.45) is 1.91. The van der Waals surface area contributed by atoms with E-state index < -0.39 is 0 Å². The van der Waals surface area contributed by atoms with Crippen molar-refractivity contribution in [1.82, 2.24) is 16.0 Å². The molecule has 0 aromatic heterocycles. The minimum Gasteiger partial charge on any atom is -0.493 e. The first kappa shape index (κ1) is 17.1. The zero-order valence-corrected chi connectivity index (χ0v) is 13.7. The molecule has 0 spiro atoms. The molecule has 0 radical (unpaired) electrons. The number of hydrogen-bond donors (Lipinski definition) is 3. The number of urea groups is 1. The van der Waals surface area contributed by atoms with E-state index >= 15 is 0 Å². The van der Waals surface area contributed by atoms with Crippen LogP contribution in [0.4, 0.5) is 4.79 Å². The van der Waals surface area contributed by atoms with Gasteiger partial charge >= 0.3 is 6.03 Å². The average molecular weight is 319 g/mol. The van der Waals surface area contributed by atoms with Gasteiger partial charge in [-0.3, -0.25) is 4.79 Å². The summed E-state index contributed by atoms with van der Waals surface area (Å²) in [7, 11) is 0. The molecule has 6 heteroatoms. The molecule has 0 unspecified atom stereocenters. The second-order valence-corrected chi connectivity index (χ2v) is 5.75. The third kappa shape index (κ3) is 5.16. The van der Waals surface area contributed by atoms with E-state index in [0.29, 0.717) is 13.2 Å². The van der Waals surface area contributed by atoms with E-state index in [4.69, 9.17) is 4.74 Å². The van der Waals surface area contributed by atoms with E-state index in [-0.39, 0.29) is 30.4 Å². The molecule has 3 N–H and O–H groups in total. The van der Waals surface area contributed by atoms with Gasteiger partial charge in [-0.1, -0.05) is 25.1 Å². The van der Waals surface area contributed by atoms with Crippen LogP contribution in [-0.4, -0.2) is 31.1 Å². The lowest BCUT2D eigenvalue weighted by molar-refractivity contribution is -0.121. The van der Waals surface area contributed by atoms with Gasteiger partial charge in [0.15, 0.2) is 0 Å². The lowest BCUT2D eigenvalue weighted by Crippen LogP contribution is -2.41. The Kier molecular flexibility index (Phi) is 6.26. The molecule has 0 fully saturated rings. The van der Waals surface area contributed by atoms with Crippen LogP contribution in [-0.2, 0) is 4.79 Å². The van der Waals surface area contributed by atoms with Crippen molar-refractivity contribution in [3.8, 4) is 5.75 Å². The molecule has 0 saturated heterocycles. The van der Waals surface area contributed by atoms with Crippen LogP contribution in [0.3, 0.4) is 0 Å². The van der Waals surface area contributed by atoms with Gasteiger partial charge in [0, 0.05) is 31.0 Å². The number of benzene rings is 1. The van der Waals surface area contributed by atoms with Crippen LogP contribution < -0.4 is 20.7 Å². The van der Waals surface area contributed by atoms with E-state index in [1.807, 2.05) is 38.1 Å². The number of para-hydroxylation sites is 1. The highest BCUT2D eigenvalue weighted by Gasteiger charge is 2.22. The number of hydrogen-bond acceptors (Lipinski definition) is 3. The first-order valence-electron chi connectivity index (χ1n) is 8.15. The van der Waals surface area contributed by atoms with Crippen molar-refractivity contribution in [2.45, 2.75) is 45.2 Å². The average Bonchev–Trinajstić information content (AvgIpc) is 2.55. The molecule has 0 saturated carbocycles. The number of carbonyl (C=O) groups excluding carboxylic acids is 2. The zero-order chi connectivity index (χ0) is 16.7. The second-order valence-electron chi connectivity index (χ2n) is 5.75. The Labute approximate surface area is 137 Å². The van der Waals surface area contributed by atoms with Crippen molar-refractivity contribution in [3.63, 3.8) is 0 Å². The molecule has 2 rings (SSSR count). The van der Waals surface area contributed by atoms with Gasteiger partial charge in [-0.15, -0.1) is 0 Å². The van der Waals surface area contributed by atoms with Crippen LogP contribution >= 0.6 is 0 Å². The van der Waals surface area contributed by atoms with Crippen LogP contribution in [0.1, 0.15) is 44.7 Å². The maximum absolute atomic E-state index is 12.0. The van der Waals surface area contributed by atoms with Gasteiger partial charge in [0.1, 0.15) is 5.75 Å². The Hall–Kier alpha value is -2.24. The molecule has 23 heavy (non-hydrogen) atoms. The van der Waals surface area contributed by atoms with Gasteiger partial charge in [0.05, 0.1) is 12.6 Å². The molecule has 126 valence electrons. The van der Waals surface area contributed by atoms with Gasteiger partial charge in [-0.05, 0) is 19.4 Å². The number of nitrogens with one attached hydrogen (secondary N) is 3. The maximum atomic E-state index is 12.0. The molecule has 1 aliphatic heterocycles.